The molecule has 330 valence electrons. The number of nitrogens with one attached hydrogen (secondary N) is 2. The number of halogens is 7. The fourth-order valence-corrected chi connectivity index (χ4v) is 8.03. The quantitative estimate of drug-likeness (QED) is 0.0844. The predicted molar refractivity (Wildman–Crippen MR) is 205 cm³/mol. The molecule has 2 aliphatic rings. The molecular weight excluding hydrogens is 856 g/mol. The van der Waals surface area contributed by atoms with Gasteiger partial charge in [0.15, 0.2) is 0 Å². The van der Waals surface area contributed by atoms with Crippen LogP contribution in [0.4, 0.5) is 30.7 Å². The van der Waals surface area contributed by atoms with Crippen molar-refractivity contribution in [3.63, 3.8) is 0 Å². The van der Waals surface area contributed by atoms with Crippen molar-refractivity contribution in [3.05, 3.63) is 78.6 Å². The molecule has 4 heterocycles. The number of carboxylic acid groups (broad SMARTS) is 2. The number of aromatic nitrogens is 2. The van der Waals surface area contributed by atoms with Gasteiger partial charge in [0.1, 0.15) is 22.8 Å². The number of ether oxygens (including phenoxy) is 1. The van der Waals surface area contributed by atoms with Gasteiger partial charge < -0.3 is 40.4 Å². The Kier molecular flexibility index (Phi) is 16.2. The number of phenolic OH excluding ortho intramolecular Hbond substituents is 1. The molecule has 1 atom stereocenters. The highest BCUT2D eigenvalue weighted by atomic mass is 32.1. The number of hydrogen-bond acceptors (Lipinski definition) is 12. The van der Waals surface area contributed by atoms with Crippen molar-refractivity contribution in [1.29, 1.82) is 0 Å². The van der Waals surface area contributed by atoms with Crippen molar-refractivity contribution < 1.29 is 70.3 Å². The van der Waals surface area contributed by atoms with E-state index in [1.807, 2.05) is 22.4 Å². The van der Waals surface area contributed by atoms with Gasteiger partial charge in [-0.2, -0.15) is 26.3 Å². The number of aliphatic hydroxyl groups excluding tert-OH is 1. The minimum atomic E-state index is -5.08. The summed E-state index contributed by atoms with van der Waals surface area (Å²) in [5.74, 6) is -5.54. The molecule has 0 saturated carbocycles. The number of amides is 1. The minimum Gasteiger partial charge on any atom is -0.506 e. The Morgan fingerprint density at radius 2 is 1.65 bits per heavy atom. The molecule has 6 N–H and O–H groups in total. The summed E-state index contributed by atoms with van der Waals surface area (Å²) in [6.45, 7) is 8.84. The SMILES string of the molecule is CC(C)c1nc(C(=O)N2CCOC3(CCN(Cc4ccc(F)c(CCNC[C@H](O)c5ccc(O)c6[nH]c(=O)sc56)c4)CC3)C2)cs1.O=C(O)C(F)(F)F.O=C(O)C(F)(F)F. The number of aromatic amines is 1. The zero-order valence-electron chi connectivity index (χ0n) is 32.0. The Labute approximate surface area is 345 Å². The van der Waals surface area contributed by atoms with Crippen LogP contribution in [0.1, 0.15) is 70.9 Å². The number of H-pyrrole nitrogens is 1. The number of piperidine rings is 1. The molecule has 2 aromatic heterocycles. The van der Waals surface area contributed by atoms with E-state index in [1.54, 1.807) is 6.07 Å². The molecule has 2 saturated heterocycles. The van der Waals surface area contributed by atoms with E-state index in [0.717, 1.165) is 47.8 Å². The Balaban J connectivity index is 0.000000488. The van der Waals surface area contributed by atoms with Gasteiger partial charge in [0.2, 0.25) is 0 Å². The average Bonchev–Trinajstić information content (AvgIpc) is 3.83. The number of nitrogens with zero attached hydrogens (tertiary/aromatic N) is 3. The zero-order valence-corrected chi connectivity index (χ0v) is 33.7. The van der Waals surface area contributed by atoms with E-state index in [4.69, 9.17) is 24.5 Å². The van der Waals surface area contributed by atoms with Gasteiger partial charge in [-0.1, -0.05) is 43.4 Å². The highest BCUT2D eigenvalue weighted by Gasteiger charge is 2.42. The second-order valence-electron chi connectivity index (χ2n) is 14.2. The van der Waals surface area contributed by atoms with E-state index >= 15 is 0 Å². The van der Waals surface area contributed by atoms with Crippen LogP contribution in [-0.2, 0) is 27.3 Å². The molecule has 2 aromatic carbocycles. The lowest BCUT2D eigenvalue weighted by Crippen LogP contribution is -2.58. The number of benzene rings is 2. The summed E-state index contributed by atoms with van der Waals surface area (Å²) in [4.78, 5) is 53.9. The molecule has 2 fully saturated rings. The number of carboxylic acids is 2. The second-order valence-corrected chi connectivity index (χ2v) is 16.0. The van der Waals surface area contributed by atoms with Crippen LogP contribution in [0.3, 0.4) is 0 Å². The third-order valence-corrected chi connectivity index (χ3v) is 11.5. The largest absolute Gasteiger partial charge is 0.506 e. The maximum Gasteiger partial charge on any atom is 0.490 e. The lowest BCUT2D eigenvalue weighted by molar-refractivity contribution is -0.193. The number of carbonyl (C=O) groups excluding carboxylic acids is 1. The molecule has 14 nitrogen and oxygen atoms in total. The molecule has 0 unspecified atom stereocenters. The van der Waals surface area contributed by atoms with Crippen molar-refractivity contribution in [2.24, 2.45) is 0 Å². The number of hydrogen-bond donors (Lipinski definition) is 6. The number of aliphatic carboxylic acids is 2. The summed E-state index contributed by atoms with van der Waals surface area (Å²) < 4.78 is 85.0. The lowest BCUT2D eigenvalue weighted by Gasteiger charge is -2.47. The zero-order chi connectivity index (χ0) is 44.6. The highest BCUT2D eigenvalue weighted by Crippen LogP contribution is 2.33. The molecule has 6 rings (SSSR count). The molecule has 1 amide bonds. The van der Waals surface area contributed by atoms with Gasteiger partial charge >= 0.3 is 29.2 Å². The van der Waals surface area contributed by atoms with Crippen LogP contribution < -0.4 is 10.2 Å². The fraction of sp³-hybridized carbons (Fsp3) is 0.486. The minimum absolute atomic E-state index is 0.0206. The fourth-order valence-electron chi connectivity index (χ4n) is 6.30. The van der Waals surface area contributed by atoms with E-state index in [9.17, 15) is 50.5 Å². The van der Waals surface area contributed by atoms with Gasteiger partial charge in [-0.05, 0) is 49.1 Å². The van der Waals surface area contributed by atoms with Gasteiger partial charge in [0.05, 0.1) is 34.6 Å². The molecule has 2 aliphatic heterocycles. The van der Waals surface area contributed by atoms with Gasteiger partial charge in [0.25, 0.3) is 5.91 Å². The first-order valence-electron chi connectivity index (χ1n) is 18.2. The summed E-state index contributed by atoms with van der Waals surface area (Å²) in [7, 11) is 0. The summed E-state index contributed by atoms with van der Waals surface area (Å²) in [5.41, 5.74) is 2.69. The molecule has 0 bridgehead atoms. The van der Waals surface area contributed by atoms with E-state index in [0.29, 0.717) is 72.2 Å². The van der Waals surface area contributed by atoms with Crippen molar-refractivity contribution in [2.75, 3.05) is 45.9 Å². The van der Waals surface area contributed by atoms with Gasteiger partial charge in [-0.25, -0.2) is 19.0 Å². The van der Waals surface area contributed by atoms with Crippen molar-refractivity contribution in [1.82, 2.24) is 25.1 Å². The molecule has 60 heavy (non-hydrogen) atoms. The predicted octanol–water partition coefficient (Wildman–Crippen LogP) is 5.65. The topological polar surface area (TPSA) is 206 Å². The summed E-state index contributed by atoms with van der Waals surface area (Å²) in [5, 5.41) is 41.0. The number of rotatable bonds is 10. The standard InChI is InChI=1S/C33H40FN5O5S2.2C2HF3O2/c1-20(2)30-36-25(18-45-30)31(42)39-13-14-44-33(19-39)8-11-38(12-9-33)17-21-3-5-24(34)22(15-21)7-10-35-16-27(41)23-4-6-26(40)28-29(23)46-32(43)37-28;2*3-2(4,5)1(6)7/h3-6,15,18,20,27,35,40-41H,7-14,16-17,19H2,1-2H3,(H,37,43);2*(H,6,7)/t27-;;/m0../s1. The molecule has 1 spiro atoms. The smallest absolute Gasteiger partial charge is 0.490 e. The van der Waals surface area contributed by atoms with Crippen LogP contribution in [0.2, 0.25) is 0 Å². The molecule has 4 aromatic rings. The van der Waals surface area contributed by atoms with E-state index in [2.05, 4.69) is 34.0 Å². The Morgan fingerprint density at radius 3 is 2.23 bits per heavy atom. The maximum atomic E-state index is 14.7. The van der Waals surface area contributed by atoms with Crippen molar-refractivity contribution >= 4 is 50.7 Å². The number of thiazole rings is 2. The first-order chi connectivity index (χ1) is 28.0. The van der Waals surface area contributed by atoms with Crippen LogP contribution in [0.5, 0.6) is 5.75 Å². The first-order valence-corrected chi connectivity index (χ1v) is 19.9. The summed E-state index contributed by atoms with van der Waals surface area (Å²) in [6.07, 6.45) is -8.97. The number of alkyl halides is 6. The Morgan fingerprint density at radius 1 is 1.02 bits per heavy atom. The Bertz CT molecular complexity index is 2140. The normalized spacial score (nSPS) is 16.2. The highest BCUT2D eigenvalue weighted by molar-refractivity contribution is 7.16. The number of fused-ring (bicyclic) bond motifs is 1. The van der Waals surface area contributed by atoms with Gasteiger partial charge in [-0.15, -0.1) is 11.3 Å². The van der Waals surface area contributed by atoms with Crippen molar-refractivity contribution in [3.8, 4) is 5.75 Å². The average molecular weight is 898 g/mol. The van der Waals surface area contributed by atoms with E-state index in [1.165, 1.54) is 23.5 Å². The summed E-state index contributed by atoms with van der Waals surface area (Å²) in [6, 6.07) is 8.32. The van der Waals surface area contributed by atoms with Gasteiger partial charge in [-0.3, -0.25) is 14.5 Å². The number of carbonyl (C=O) groups is 3. The van der Waals surface area contributed by atoms with Crippen LogP contribution in [0, 0.1) is 5.82 Å². The molecular formula is C37H42F7N5O9S2. The van der Waals surface area contributed by atoms with E-state index in [-0.39, 0.29) is 34.5 Å². The number of likely N-dealkylation sites (tertiary alicyclic amines) is 1. The van der Waals surface area contributed by atoms with Crippen molar-refractivity contribution in [2.45, 2.75) is 69.6 Å². The molecule has 0 radical (unpaired) electrons. The number of aromatic hydroxyl groups is 1. The lowest BCUT2D eigenvalue weighted by atomic mass is 9.89. The third kappa shape index (κ3) is 13.2. The molecule has 23 heteroatoms. The van der Waals surface area contributed by atoms with Crippen LogP contribution in [0.15, 0.2) is 40.5 Å². The monoisotopic (exact) mass is 897 g/mol. The maximum absolute atomic E-state index is 14.7. The van der Waals surface area contributed by atoms with E-state index < -0.39 is 30.4 Å². The number of phenols is 1. The van der Waals surface area contributed by atoms with Gasteiger partial charge in [0, 0.05) is 49.6 Å². The number of aliphatic hydroxyl groups is 1. The van der Waals surface area contributed by atoms with Crippen LogP contribution in [0.25, 0.3) is 10.2 Å². The Hall–Kier alpha value is -4.68. The van der Waals surface area contributed by atoms with Crippen LogP contribution in [-0.4, -0.2) is 122 Å². The third-order valence-electron chi connectivity index (χ3n) is 9.40. The second kappa shape index (κ2) is 20.3. The van der Waals surface area contributed by atoms with Crippen LogP contribution >= 0.6 is 22.7 Å². The number of morpholine rings is 1. The summed E-state index contributed by atoms with van der Waals surface area (Å²) >= 11 is 2.48. The first kappa shape index (κ1) is 48.0. The molecule has 0 aliphatic carbocycles.